The Bertz CT molecular complexity index is 480. The summed E-state index contributed by atoms with van der Waals surface area (Å²) in [5, 5.41) is 29.5. The normalized spacial score (nSPS) is 23.1. The van der Waals surface area contributed by atoms with Gasteiger partial charge in [-0.25, -0.2) is 0 Å². The van der Waals surface area contributed by atoms with Crippen molar-refractivity contribution in [2.75, 3.05) is 13.1 Å². The minimum Gasteiger partial charge on any atom is -0.388 e. The highest BCUT2D eigenvalue weighted by Gasteiger charge is 2.34. The van der Waals surface area contributed by atoms with Gasteiger partial charge in [-0.2, -0.15) is 0 Å². The van der Waals surface area contributed by atoms with Crippen LogP contribution >= 0.6 is 0 Å². The molecule has 1 heterocycles. The lowest BCUT2D eigenvalue weighted by Crippen LogP contribution is -2.30. The number of amides is 1. The zero-order valence-electron chi connectivity index (χ0n) is 9.39. The van der Waals surface area contributed by atoms with Gasteiger partial charge in [0.15, 0.2) is 0 Å². The number of likely N-dealkylation sites (tertiary alicyclic amines) is 1. The Balaban J connectivity index is 2.27. The van der Waals surface area contributed by atoms with E-state index in [0.717, 1.165) is 0 Å². The van der Waals surface area contributed by atoms with E-state index in [-0.39, 0.29) is 24.3 Å². The molecule has 1 aliphatic rings. The van der Waals surface area contributed by atoms with Crippen LogP contribution in [0.15, 0.2) is 24.3 Å². The Morgan fingerprint density at radius 2 is 1.83 bits per heavy atom. The van der Waals surface area contributed by atoms with Gasteiger partial charge in [0.1, 0.15) is 5.56 Å². The highest BCUT2D eigenvalue weighted by molar-refractivity contribution is 5.98. The van der Waals surface area contributed by atoms with E-state index in [0.29, 0.717) is 0 Å². The fourth-order valence-electron chi connectivity index (χ4n) is 1.92. The molecule has 2 N–H and O–H groups in total. The molecule has 0 radical (unpaired) electrons. The summed E-state index contributed by atoms with van der Waals surface area (Å²) in [5.41, 5.74) is -0.317. The molecule has 0 bridgehead atoms. The van der Waals surface area contributed by atoms with Gasteiger partial charge < -0.3 is 15.1 Å². The molecule has 0 aliphatic carbocycles. The smallest absolute Gasteiger partial charge is 0.282 e. The Labute approximate surface area is 102 Å². The lowest BCUT2D eigenvalue weighted by Gasteiger charge is -2.15. The first-order valence-corrected chi connectivity index (χ1v) is 5.39. The number of β-amino-alcohol motifs (C(OH)–C–C–N with tert-alkyl or cyclic N) is 2. The van der Waals surface area contributed by atoms with Crippen LogP contribution in [-0.2, 0) is 0 Å². The number of nitrogens with zero attached hydrogens (tertiary/aromatic N) is 2. The van der Waals surface area contributed by atoms with Gasteiger partial charge in [0, 0.05) is 19.2 Å². The van der Waals surface area contributed by atoms with E-state index in [9.17, 15) is 25.1 Å². The van der Waals surface area contributed by atoms with Crippen molar-refractivity contribution in [3.05, 3.63) is 39.9 Å². The first kappa shape index (κ1) is 12.5. The zero-order chi connectivity index (χ0) is 13.3. The van der Waals surface area contributed by atoms with Gasteiger partial charge in [-0.05, 0) is 6.07 Å². The fraction of sp³-hybridized carbons (Fsp3) is 0.364. The van der Waals surface area contributed by atoms with Crippen LogP contribution in [0.25, 0.3) is 0 Å². The van der Waals surface area contributed by atoms with Gasteiger partial charge >= 0.3 is 0 Å². The predicted octanol–water partition coefficient (Wildman–Crippen LogP) is -0.228. The Morgan fingerprint density at radius 3 is 2.39 bits per heavy atom. The highest BCUT2D eigenvalue weighted by Crippen LogP contribution is 2.21. The maximum Gasteiger partial charge on any atom is 0.282 e. The van der Waals surface area contributed by atoms with Gasteiger partial charge in [0.05, 0.1) is 17.1 Å². The molecule has 1 aliphatic heterocycles. The van der Waals surface area contributed by atoms with Crippen LogP contribution in [0.1, 0.15) is 10.4 Å². The van der Waals surface area contributed by atoms with E-state index in [1.54, 1.807) is 0 Å². The molecular weight excluding hydrogens is 240 g/mol. The number of aliphatic hydroxyl groups excluding tert-OH is 2. The van der Waals surface area contributed by atoms with Crippen molar-refractivity contribution in [1.29, 1.82) is 0 Å². The minimum absolute atomic E-state index is 0.0218. The SMILES string of the molecule is O=C(c1ccccc1[N+](=O)[O-])N1C[C@@H](O)[C@@H](O)C1. The van der Waals surface area contributed by atoms with Crippen molar-refractivity contribution in [1.82, 2.24) is 4.90 Å². The maximum absolute atomic E-state index is 12.1. The van der Waals surface area contributed by atoms with Crippen LogP contribution in [-0.4, -0.2) is 51.2 Å². The van der Waals surface area contributed by atoms with Gasteiger partial charge in [-0.1, -0.05) is 12.1 Å². The molecule has 2 rings (SSSR count). The lowest BCUT2D eigenvalue weighted by molar-refractivity contribution is -0.385. The van der Waals surface area contributed by atoms with Crippen LogP contribution in [0.4, 0.5) is 5.69 Å². The highest BCUT2D eigenvalue weighted by atomic mass is 16.6. The molecule has 7 heteroatoms. The fourth-order valence-corrected chi connectivity index (χ4v) is 1.92. The topological polar surface area (TPSA) is 104 Å². The minimum atomic E-state index is -1.00. The Morgan fingerprint density at radius 1 is 1.28 bits per heavy atom. The molecule has 7 nitrogen and oxygen atoms in total. The molecule has 0 spiro atoms. The number of aliphatic hydroxyl groups is 2. The van der Waals surface area contributed by atoms with Crippen molar-refractivity contribution in [2.45, 2.75) is 12.2 Å². The molecule has 2 atom stereocenters. The van der Waals surface area contributed by atoms with Crippen LogP contribution in [0.5, 0.6) is 0 Å². The van der Waals surface area contributed by atoms with Crippen LogP contribution in [0.3, 0.4) is 0 Å². The summed E-state index contributed by atoms with van der Waals surface area (Å²) in [7, 11) is 0. The lowest BCUT2D eigenvalue weighted by atomic mass is 10.1. The molecule has 1 saturated heterocycles. The monoisotopic (exact) mass is 252 g/mol. The number of benzene rings is 1. The third kappa shape index (κ3) is 2.18. The molecule has 0 unspecified atom stereocenters. The number of para-hydroxylation sites is 1. The molecule has 0 saturated carbocycles. The molecule has 1 amide bonds. The number of nitro groups is 1. The van der Waals surface area contributed by atoms with E-state index < -0.39 is 23.0 Å². The Kier molecular flexibility index (Phi) is 3.26. The second kappa shape index (κ2) is 4.71. The van der Waals surface area contributed by atoms with Crippen molar-refractivity contribution in [3.8, 4) is 0 Å². The Hall–Kier alpha value is -1.99. The number of rotatable bonds is 2. The molecule has 1 aromatic carbocycles. The van der Waals surface area contributed by atoms with Crippen molar-refractivity contribution in [3.63, 3.8) is 0 Å². The average molecular weight is 252 g/mol. The van der Waals surface area contributed by atoms with Crippen molar-refractivity contribution >= 4 is 11.6 Å². The number of nitro benzene ring substituents is 1. The molecule has 0 aromatic heterocycles. The summed E-state index contributed by atoms with van der Waals surface area (Å²) in [6.45, 7) is -0.0436. The van der Waals surface area contributed by atoms with E-state index in [1.165, 1.54) is 29.2 Å². The largest absolute Gasteiger partial charge is 0.388 e. The number of carbonyl (C=O) groups excluding carboxylic acids is 1. The second-order valence-electron chi connectivity index (χ2n) is 4.12. The molecular formula is C11H12N2O5. The summed E-state index contributed by atoms with van der Waals surface area (Å²) in [6.07, 6.45) is -2.01. The van der Waals surface area contributed by atoms with Gasteiger partial charge in [-0.3, -0.25) is 14.9 Å². The molecule has 18 heavy (non-hydrogen) atoms. The summed E-state index contributed by atoms with van der Waals surface area (Å²) in [6, 6.07) is 5.61. The summed E-state index contributed by atoms with van der Waals surface area (Å²) in [5.74, 6) is -0.557. The summed E-state index contributed by atoms with van der Waals surface area (Å²) < 4.78 is 0. The van der Waals surface area contributed by atoms with E-state index in [2.05, 4.69) is 0 Å². The number of hydrogen-bond acceptors (Lipinski definition) is 5. The van der Waals surface area contributed by atoms with Crippen LogP contribution < -0.4 is 0 Å². The van der Waals surface area contributed by atoms with E-state index in [4.69, 9.17) is 0 Å². The van der Waals surface area contributed by atoms with Crippen LogP contribution in [0, 0.1) is 10.1 Å². The first-order chi connectivity index (χ1) is 8.50. The zero-order valence-corrected chi connectivity index (χ0v) is 9.39. The molecule has 96 valence electrons. The molecule has 1 aromatic rings. The average Bonchev–Trinajstić information content (AvgIpc) is 2.68. The summed E-state index contributed by atoms with van der Waals surface area (Å²) in [4.78, 5) is 23.4. The number of hydrogen-bond donors (Lipinski definition) is 2. The van der Waals surface area contributed by atoms with Crippen molar-refractivity contribution < 1.29 is 19.9 Å². The van der Waals surface area contributed by atoms with Gasteiger partial charge in [0.25, 0.3) is 11.6 Å². The number of carbonyl (C=O) groups is 1. The summed E-state index contributed by atoms with van der Waals surface area (Å²) >= 11 is 0. The quantitative estimate of drug-likeness (QED) is 0.559. The first-order valence-electron chi connectivity index (χ1n) is 5.39. The van der Waals surface area contributed by atoms with Gasteiger partial charge in [-0.15, -0.1) is 0 Å². The third-order valence-electron chi connectivity index (χ3n) is 2.88. The maximum atomic E-state index is 12.1. The predicted molar refractivity (Wildman–Crippen MR) is 61.0 cm³/mol. The second-order valence-corrected chi connectivity index (χ2v) is 4.12. The van der Waals surface area contributed by atoms with Crippen molar-refractivity contribution in [2.24, 2.45) is 0 Å². The van der Waals surface area contributed by atoms with E-state index in [1.807, 2.05) is 0 Å². The van der Waals surface area contributed by atoms with Gasteiger partial charge in [0.2, 0.25) is 0 Å². The molecule has 1 fully saturated rings. The standard InChI is InChI=1S/C11H12N2O5/c14-9-5-12(6-10(9)15)11(16)7-3-1-2-4-8(7)13(17)18/h1-4,9-10,14-15H,5-6H2/t9-,10+. The van der Waals surface area contributed by atoms with Crippen LogP contribution in [0.2, 0.25) is 0 Å². The van der Waals surface area contributed by atoms with E-state index >= 15 is 0 Å². The third-order valence-corrected chi connectivity index (χ3v) is 2.88.